The number of phenols is 1. The van der Waals surface area contributed by atoms with E-state index in [1.807, 2.05) is 43.3 Å². The number of nitrogens with zero attached hydrogens (tertiary/aromatic N) is 2. The lowest BCUT2D eigenvalue weighted by Gasteiger charge is -2.64. The molecule has 7 nitrogen and oxygen atoms in total. The van der Waals surface area contributed by atoms with Crippen molar-refractivity contribution in [3.05, 3.63) is 59.2 Å². The molecule has 0 aromatic heterocycles. The molecule has 0 unspecified atom stereocenters. The summed E-state index contributed by atoms with van der Waals surface area (Å²) in [6.45, 7) is 4.61. The van der Waals surface area contributed by atoms with Gasteiger partial charge in [0, 0.05) is 24.7 Å². The predicted molar refractivity (Wildman–Crippen MR) is 138 cm³/mol. The third-order valence-electron chi connectivity index (χ3n) is 9.91. The standard InChI is InChI=1S/C30H36N2O5/c1-2-32(28(34)36-18-20-6-4-3-5-7-20)22-12-13-30(35)24-16-21-10-11-23(33)26-25(21)29(30,27(22)37-26)14-15-31(24)17-19-8-9-19/h3-7,10-11,19,22,24,27,33,35H,2,8-9,12-18H2,1H3/t22-,24+,27-,29-,30+/m0/s1. The van der Waals surface area contributed by atoms with Gasteiger partial charge in [0.1, 0.15) is 12.7 Å². The highest BCUT2D eigenvalue weighted by Gasteiger charge is 2.73. The second-order valence-corrected chi connectivity index (χ2v) is 11.7. The van der Waals surface area contributed by atoms with Gasteiger partial charge in [-0.3, -0.25) is 4.90 Å². The summed E-state index contributed by atoms with van der Waals surface area (Å²) >= 11 is 0. The fourth-order valence-electron chi connectivity index (χ4n) is 8.08. The summed E-state index contributed by atoms with van der Waals surface area (Å²) in [6.07, 6.45) is 4.54. The number of benzene rings is 2. The van der Waals surface area contributed by atoms with Crippen LogP contribution < -0.4 is 4.74 Å². The van der Waals surface area contributed by atoms with E-state index < -0.39 is 17.1 Å². The van der Waals surface area contributed by atoms with Crippen molar-refractivity contribution < 1.29 is 24.5 Å². The van der Waals surface area contributed by atoms with Gasteiger partial charge >= 0.3 is 6.09 Å². The summed E-state index contributed by atoms with van der Waals surface area (Å²) in [6, 6.07) is 13.2. The molecule has 5 aliphatic rings. The van der Waals surface area contributed by atoms with Crippen molar-refractivity contribution in [2.75, 3.05) is 19.6 Å². The van der Waals surface area contributed by atoms with E-state index in [2.05, 4.69) is 4.90 Å². The second kappa shape index (κ2) is 8.37. The topological polar surface area (TPSA) is 82.5 Å². The van der Waals surface area contributed by atoms with Gasteiger partial charge in [-0.2, -0.15) is 0 Å². The van der Waals surface area contributed by atoms with E-state index >= 15 is 0 Å². The fourth-order valence-corrected chi connectivity index (χ4v) is 8.08. The van der Waals surface area contributed by atoms with Gasteiger partial charge < -0.3 is 24.6 Å². The van der Waals surface area contributed by atoms with Crippen LogP contribution in [0.2, 0.25) is 0 Å². The van der Waals surface area contributed by atoms with Gasteiger partial charge in [0.2, 0.25) is 0 Å². The van der Waals surface area contributed by atoms with Gasteiger partial charge in [0.05, 0.1) is 17.1 Å². The molecule has 2 aliphatic heterocycles. The van der Waals surface area contributed by atoms with Crippen LogP contribution in [-0.4, -0.2) is 69.5 Å². The van der Waals surface area contributed by atoms with Crippen LogP contribution in [0.3, 0.4) is 0 Å². The molecule has 5 atom stereocenters. The van der Waals surface area contributed by atoms with Gasteiger partial charge in [-0.1, -0.05) is 36.4 Å². The Morgan fingerprint density at radius 3 is 2.73 bits per heavy atom. The Kier molecular flexibility index (Phi) is 5.28. The number of aliphatic hydroxyl groups is 1. The maximum absolute atomic E-state index is 13.4. The summed E-state index contributed by atoms with van der Waals surface area (Å²) in [7, 11) is 0. The number of carbonyl (C=O) groups excluding carboxylic acids is 1. The molecule has 3 fully saturated rings. The first kappa shape index (κ1) is 23.4. The number of likely N-dealkylation sites (tertiary alicyclic amines) is 1. The Morgan fingerprint density at radius 1 is 1.16 bits per heavy atom. The second-order valence-electron chi connectivity index (χ2n) is 11.7. The number of aromatic hydroxyl groups is 1. The van der Waals surface area contributed by atoms with Crippen molar-refractivity contribution in [1.29, 1.82) is 0 Å². The Bertz CT molecular complexity index is 1220. The molecular formula is C30H36N2O5. The first-order valence-corrected chi connectivity index (χ1v) is 13.9. The summed E-state index contributed by atoms with van der Waals surface area (Å²) in [5, 5.41) is 23.5. The van der Waals surface area contributed by atoms with Crippen LogP contribution in [0, 0.1) is 5.92 Å². The zero-order chi connectivity index (χ0) is 25.4. The molecule has 0 radical (unpaired) electrons. The highest BCUT2D eigenvalue weighted by Crippen LogP contribution is 2.66. The van der Waals surface area contributed by atoms with Gasteiger partial charge in [-0.05, 0) is 75.1 Å². The normalized spacial score (nSPS) is 33.4. The SMILES string of the molecule is CCN(C(=O)OCc1ccccc1)[C@H]1CC[C@@]2(O)[C@H]3Cc4ccc(O)c5c4[C@@]2(CCN3CC2CC2)[C@H]1O5. The fraction of sp³-hybridized carbons (Fsp3) is 0.567. The van der Waals surface area contributed by atoms with Crippen LogP contribution in [0.1, 0.15) is 55.7 Å². The monoisotopic (exact) mass is 504 g/mol. The maximum Gasteiger partial charge on any atom is 0.410 e. The van der Waals surface area contributed by atoms with Gasteiger partial charge in [-0.15, -0.1) is 0 Å². The van der Waals surface area contributed by atoms with Crippen molar-refractivity contribution in [2.45, 2.75) is 81.3 Å². The summed E-state index contributed by atoms with van der Waals surface area (Å²) < 4.78 is 12.4. The number of phenolic OH excluding ortho intramolecular Hbond substituents is 1. The Labute approximate surface area is 218 Å². The van der Waals surface area contributed by atoms with Gasteiger partial charge in [-0.25, -0.2) is 4.79 Å². The van der Waals surface area contributed by atoms with Crippen LogP contribution >= 0.6 is 0 Å². The molecule has 1 spiro atoms. The molecule has 2 aromatic carbocycles. The third kappa shape index (κ3) is 3.29. The predicted octanol–water partition coefficient (Wildman–Crippen LogP) is 3.98. The van der Waals surface area contributed by atoms with Crippen molar-refractivity contribution in [1.82, 2.24) is 9.80 Å². The molecule has 2 heterocycles. The van der Waals surface area contributed by atoms with E-state index in [4.69, 9.17) is 9.47 Å². The van der Waals surface area contributed by atoms with Crippen LogP contribution in [0.25, 0.3) is 0 Å². The van der Waals surface area contributed by atoms with Crippen LogP contribution in [0.4, 0.5) is 4.79 Å². The highest BCUT2D eigenvalue weighted by atomic mass is 16.6. The molecule has 196 valence electrons. The Balaban J connectivity index is 1.24. The number of rotatable bonds is 6. The van der Waals surface area contributed by atoms with E-state index in [-0.39, 0.29) is 30.5 Å². The molecular weight excluding hydrogens is 468 g/mol. The zero-order valence-electron chi connectivity index (χ0n) is 21.4. The molecule has 2 N–H and O–H groups in total. The van der Waals surface area contributed by atoms with Crippen molar-refractivity contribution >= 4 is 6.09 Å². The first-order chi connectivity index (χ1) is 18.0. The van der Waals surface area contributed by atoms with Gasteiger partial charge in [0.25, 0.3) is 0 Å². The number of ether oxygens (including phenoxy) is 2. The summed E-state index contributed by atoms with van der Waals surface area (Å²) in [5.41, 5.74) is 1.50. The number of likely N-dealkylation sites (N-methyl/N-ethyl adjacent to an activating group) is 1. The molecule has 7 heteroatoms. The minimum atomic E-state index is -0.958. The molecule has 2 aromatic rings. The average Bonchev–Trinajstić information content (AvgIpc) is 3.65. The molecule has 2 bridgehead atoms. The average molecular weight is 505 g/mol. The lowest BCUT2D eigenvalue weighted by molar-refractivity contribution is -0.198. The van der Waals surface area contributed by atoms with E-state index in [1.165, 1.54) is 18.4 Å². The van der Waals surface area contributed by atoms with E-state index in [0.29, 0.717) is 25.1 Å². The van der Waals surface area contributed by atoms with Crippen molar-refractivity contribution in [2.24, 2.45) is 5.92 Å². The molecule has 37 heavy (non-hydrogen) atoms. The van der Waals surface area contributed by atoms with E-state index in [1.54, 1.807) is 11.0 Å². The number of carbonyl (C=O) groups is 1. The van der Waals surface area contributed by atoms with E-state index in [0.717, 1.165) is 43.0 Å². The van der Waals surface area contributed by atoms with Crippen LogP contribution in [0.15, 0.2) is 42.5 Å². The Hall–Kier alpha value is -2.77. The summed E-state index contributed by atoms with van der Waals surface area (Å²) in [4.78, 5) is 17.7. The zero-order valence-corrected chi connectivity index (χ0v) is 21.4. The third-order valence-corrected chi connectivity index (χ3v) is 9.91. The highest BCUT2D eigenvalue weighted by molar-refractivity contribution is 5.69. The molecule has 3 aliphatic carbocycles. The van der Waals surface area contributed by atoms with Gasteiger partial charge in [0.15, 0.2) is 11.5 Å². The molecule has 1 saturated heterocycles. The number of amides is 1. The maximum atomic E-state index is 13.4. The quantitative estimate of drug-likeness (QED) is 0.619. The van der Waals surface area contributed by atoms with Crippen molar-refractivity contribution in [3.8, 4) is 11.5 Å². The first-order valence-electron chi connectivity index (χ1n) is 13.9. The van der Waals surface area contributed by atoms with Crippen LogP contribution in [0.5, 0.6) is 11.5 Å². The minimum absolute atomic E-state index is 0.0250. The molecule has 1 amide bonds. The largest absolute Gasteiger partial charge is 0.504 e. The number of hydrogen-bond donors (Lipinski definition) is 2. The smallest absolute Gasteiger partial charge is 0.410 e. The minimum Gasteiger partial charge on any atom is -0.504 e. The summed E-state index contributed by atoms with van der Waals surface area (Å²) in [5.74, 6) is 1.38. The number of hydrogen-bond acceptors (Lipinski definition) is 6. The Morgan fingerprint density at radius 2 is 1.97 bits per heavy atom. The number of piperidine rings is 1. The van der Waals surface area contributed by atoms with Crippen LogP contribution in [-0.2, 0) is 23.2 Å². The lowest BCUT2D eigenvalue weighted by Crippen LogP contribution is -2.78. The van der Waals surface area contributed by atoms with Crippen molar-refractivity contribution in [3.63, 3.8) is 0 Å². The molecule has 2 saturated carbocycles. The molecule has 7 rings (SSSR count). The van der Waals surface area contributed by atoms with E-state index in [9.17, 15) is 15.0 Å². The lowest BCUT2D eigenvalue weighted by atomic mass is 9.48.